The van der Waals surface area contributed by atoms with Crippen molar-refractivity contribution in [1.29, 1.82) is 0 Å². The number of ether oxygens (including phenoxy) is 1. The number of benzene rings is 1. The Morgan fingerprint density at radius 1 is 1.43 bits per heavy atom. The molecule has 6 heteroatoms. The molecule has 2 N–H and O–H groups in total. The number of rotatable bonds is 6. The number of nitrogens with one attached hydrogen (secondary N) is 2. The van der Waals surface area contributed by atoms with Gasteiger partial charge in [0, 0.05) is 13.2 Å². The Hall–Kier alpha value is -1.17. The fourth-order valence-electron chi connectivity index (χ4n) is 2.29. The zero-order valence-corrected chi connectivity index (χ0v) is 12.6. The van der Waals surface area contributed by atoms with Crippen LogP contribution in [-0.4, -0.2) is 38.3 Å². The SMILES string of the molecule is O=C(NCCCOC1CCNCC1)c1c(F)cccc1Cl. The molecule has 1 saturated heterocycles. The average Bonchev–Trinajstić information content (AvgIpc) is 2.48. The third kappa shape index (κ3) is 4.95. The molecule has 0 bridgehead atoms. The molecule has 0 atom stereocenters. The smallest absolute Gasteiger partial charge is 0.255 e. The molecule has 2 rings (SSSR count). The minimum Gasteiger partial charge on any atom is -0.378 e. The zero-order chi connectivity index (χ0) is 15.1. The van der Waals surface area contributed by atoms with E-state index < -0.39 is 11.7 Å². The molecule has 4 nitrogen and oxygen atoms in total. The van der Waals surface area contributed by atoms with Crippen molar-refractivity contribution in [3.63, 3.8) is 0 Å². The number of hydrogen-bond acceptors (Lipinski definition) is 3. The van der Waals surface area contributed by atoms with Crippen molar-refractivity contribution in [2.24, 2.45) is 0 Å². The summed E-state index contributed by atoms with van der Waals surface area (Å²) < 4.78 is 19.3. The number of hydrogen-bond donors (Lipinski definition) is 2. The summed E-state index contributed by atoms with van der Waals surface area (Å²) in [6, 6.07) is 4.20. The van der Waals surface area contributed by atoms with E-state index in [0.717, 1.165) is 25.9 Å². The normalized spacial score (nSPS) is 15.9. The van der Waals surface area contributed by atoms with E-state index in [-0.39, 0.29) is 10.6 Å². The summed E-state index contributed by atoms with van der Waals surface area (Å²) in [5.74, 6) is -1.09. The summed E-state index contributed by atoms with van der Waals surface area (Å²) in [5.41, 5.74) is -0.0987. The molecule has 1 fully saturated rings. The van der Waals surface area contributed by atoms with Crippen LogP contribution < -0.4 is 10.6 Å². The van der Waals surface area contributed by atoms with Crippen LogP contribution in [0.3, 0.4) is 0 Å². The van der Waals surface area contributed by atoms with E-state index in [4.69, 9.17) is 16.3 Å². The van der Waals surface area contributed by atoms with Gasteiger partial charge in [0.1, 0.15) is 5.82 Å². The summed E-state index contributed by atoms with van der Waals surface area (Å²) in [5, 5.41) is 6.06. The highest BCUT2D eigenvalue weighted by Gasteiger charge is 2.15. The van der Waals surface area contributed by atoms with E-state index in [1.807, 2.05) is 0 Å². The van der Waals surface area contributed by atoms with Gasteiger partial charge in [0.05, 0.1) is 16.7 Å². The molecule has 1 amide bonds. The van der Waals surface area contributed by atoms with Crippen molar-refractivity contribution in [2.45, 2.75) is 25.4 Å². The van der Waals surface area contributed by atoms with Gasteiger partial charge in [-0.15, -0.1) is 0 Å². The maximum atomic E-state index is 13.5. The quantitative estimate of drug-likeness (QED) is 0.793. The van der Waals surface area contributed by atoms with E-state index in [2.05, 4.69) is 10.6 Å². The van der Waals surface area contributed by atoms with Gasteiger partial charge in [0.25, 0.3) is 5.91 Å². The molecule has 0 radical (unpaired) electrons. The van der Waals surface area contributed by atoms with Gasteiger partial charge in [0.15, 0.2) is 0 Å². The number of carbonyl (C=O) groups is 1. The van der Waals surface area contributed by atoms with Crippen molar-refractivity contribution in [1.82, 2.24) is 10.6 Å². The highest BCUT2D eigenvalue weighted by molar-refractivity contribution is 6.33. The number of halogens is 2. The Morgan fingerprint density at radius 3 is 2.90 bits per heavy atom. The van der Waals surface area contributed by atoms with Gasteiger partial charge in [0.2, 0.25) is 0 Å². The van der Waals surface area contributed by atoms with Crippen LogP contribution in [0.25, 0.3) is 0 Å². The van der Waals surface area contributed by atoms with Crippen LogP contribution in [0.4, 0.5) is 4.39 Å². The Kier molecular flexibility index (Phi) is 6.42. The van der Waals surface area contributed by atoms with Gasteiger partial charge in [-0.3, -0.25) is 4.79 Å². The van der Waals surface area contributed by atoms with Crippen LogP contribution in [-0.2, 0) is 4.74 Å². The monoisotopic (exact) mass is 314 g/mol. The highest BCUT2D eigenvalue weighted by atomic mass is 35.5. The van der Waals surface area contributed by atoms with Gasteiger partial charge in [-0.2, -0.15) is 0 Å². The van der Waals surface area contributed by atoms with E-state index in [0.29, 0.717) is 25.7 Å². The Balaban J connectivity index is 1.67. The Bertz CT molecular complexity index is 458. The summed E-state index contributed by atoms with van der Waals surface area (Å²) in [4.78, 5) is 11.9. The lowest BCUT2D eigenvalue weighted by atomic mass is 10.1. The zero-order valence-electron chi connectivity index (χ0n) is 11.8. The van der Waals surface area contributed by atoms with Gasteiger partial charge >= 0.3 is 0 Å². The molecule has 0 unspecified atom stereocenters. The Morgan fingerprint density at radius 2 is 2.19 bits per heavy atom. The molecule has 1 heterocycles. The Labute approximate surface area is 129 Å². The first-order valence-corrected chi connectivity index (χ1v) is 7.61. The summed E-state index contributed by atoms with van der Waals surface area (Å²) in [6.45, 7) is 3.02. The van der Waals surface area contributed by atoms with Crippen molar-refractivity contribution >= 4 is 17.5 Å². The van der Waals surface area contributed by atoms with Crippen molar-refractivity contribution in [2.75, 3.05) is 26.2 Å². The summed E-state index contributed by atoms with van der Waals surface area (Å²) in [6.07, 6.45) is 3.05. The molecular formula is C15H20ClFN2O2. The minimum absolute atomic E-state index is 0.0987. The summed E-state index contributed by atoms with van der Waals surface area (Å²) >= 11 is 5.83. The van der Waals surface area contributed by atoms with Gasteiger partial charge in [-0.1, -0.05) is 17.7 Å². The molecule has 0 spiro atoms. The lowest BCUT2D eigenvalue weighted by Crippen LogP contribution is -2.33. The van der Waals surface area contributed by atoms with Crippen LogP contribution in [0.1, 0.15) is 29.6 Å². The maximum Gasteiger partial charge on any atom is 0.255 e. The first-order chi connectivity index (χ1) is 10.2. The van der Waals surface area contributed by atoms with Gasteiger partial charge in [-0.05, 0) is 44.5 Å². The van der Waals surface area contributed by atoms with Crippen molar-refractivity contribution < 1.29 is 13.9 Å². The van der Waals surface area contributed by atoms with E-state index in [1.165, 1.54) is 18.2 Å². The molecule has 0 saturated carbocycles. The topological polar surface area (TPSA) is 50.4 Å². The van der Waals surface area contributed by atoms with Crippen LogP contribution in [0.15, 0.2) is 18.2 Å². The van der Waals surface area contributed by atoms with E-state index in [9.17, 15) is 9.18 Å². The average molecular weight is 315 g/mol. The van der Waals surface area contributed by atoms with Crippen molar-refractivity contribution in [3.8, 4) is 0 Å². The molecule has 0 aromatic heterocycles. The minimum atomic E-state index is -0.606. The maximum absolute atomic E-state index is 13.5. The second-order valence-electron chi connectivity index (χ2n) is 5.03. The predicted molar refractivity (Wildman–Crippen MR) is 80.2 cm³/mol. The second-order valence-corrected chi connectivity index (χ2v) is 5.43. The standard InChI is InChI=1S/C15H20ClFN2O2/c16-12-3-1-4-13(17)14(12)15(20)19-7-2-10-21-11-5-8-18-9-6-11/h1,3-4,11,18H,2,5-10H2,(H,19,20). The number of piperidine rings is 1. The second kappa shape index (κ2) is 8.32. The number of carbonyl (C=O) groups excluding carboxylic acids is 1. The highest BCUT2D eigenvalue weighted by Crippen LogP contribution is 2.18. The molecule has 0 aliphatic carbocycles. The third-order valence-electron chi connectivity index (χ3n) is 3.44. The molecule has 1 aliphatic heterocycles. The fraction of sp³-hybridized carbons (Fsp3) is 0.533. The summed E-state index contributed by atoms with van der Waals surface area (Å²) in [7, 11) is 0. The van der Waals surface area contributed by atoms with Gasteiger partial charge < -0.3 is 15.4 Å². The first-order valence-electron chi connectivity index (χ1n) is 7.23. The van der Waals surface area contributed by atoms with E-state index >= 15 is 0 Å². The fourth-order valence-corrected chi connectivity index (χ4v) is 2.54. The molecule has 21 heavy (non-hydrogen) atoms. The van der Waals surface area contributed by atoms with Crippen LogP contribution in [0.5, 0.6) is 0 Å². The molecule has 116 valence electrons. The van der Waals surface area contributed by atoms with E-state index in [1.54, 1.807) is 0 Å². The van der Waals surface area contributed by atoms with Crippen molar-refractivity contribution in [3.05, 3.63) is 34.6 Å². The number of amides is 1. The first kappa shape index (κ1) is 16.2. The van der Waals surface area contributed by atoms with Crippen LogP contribution >= 0.6 is 11.6 Å². The van der Waals surface area contributed by atoms with Crippen LogP contribution in [0.2, 0.25) is 5.02 Å². The molecule has 1 aromatic carbocycles. The lowest BCUT2D eigenvalue weighted by molar-refractivity contribution is 0.0317. The third-order valence-corrected chi connectivity index (χ3v) is 3.75. The van der Waals surface area contributed by atoms with Gasteiger partial charge in [-0.25, -0.2) is 4.39 Å². The predicted octanol–water partition coefficient (Wildman–Crippen LogP) is 2.37. The molecule has 1 aliphatic rings. The molecular weight excluding hydrogens is 295 g/mol. The molecule has 1 aromatic rings. The van der Waals surface area contributed by atoms with Crippen LogP contribution in [0, 0.1) is 5.82 Å². The lowest BCUT2D eigenvalue weighted by Gasteiger charge is -2.22. The largest absolute Gasteiger partial charge is 0.378 e.